The van der Waals surface area contributed by atoms with Crippen LogP contribution in [0.2, 0.25) is 0 Å². The van der Waals surface area contributed by atoms with E-state index in [1.165, 1.54) is 0 Å². The third-order valence-electron chi connectivity index (χ3n) is 4.21. The third kappa shape index (κ3) is 3.89. The monoisotopic (exact) mass is 294 g/mol. The topological polar surface area (TPSA) is 51.2 Å². The fourth-order valence-electron chi connectivity index (χ4n) is 2.66. The molecule has 21 heavy (non-hydrogen) atoms. The lowest BCUT2D eigenvalue weighted by Crippen LogP contribution is -2.05. The third-order valence-corrected chi connectivity index (χ3v) is 4.21. The van der Waals surface area contributed by atoms with Crippen molar-refractivity contribution in [2.45, 2.75) is 58.2 Å². The number of epoxide rings is 1. The summed E-state index contributed by atoms with van der Waals surface area (Å²) in [5, 5.41) is 10.2. The van der Waals surface area contributed by atoms with E-state index in [0.717, 1.165) is 29.7 Å². The molecular formula is C17H26O4. The van der Waals surface area contributed by atoms with Crippen LogP contribution in [0.25, 0.3) is 0 Å². The SMILES string of the molecule is COCOc1cc([C@@H](C)CC[C@H]2OC2(C)C)c(O)cc1C. The standard InChI is InChI=1S/C17H26O4/c1-11(6-7-16-17(3,4)21-16)13-9-15(20-10-19-5)12(2)8-14(13)18/h8-9,11,16,18H,6-7,10H2,1-5H3/t11-,16+/m0/s1. The molecule has 0 saturated carbocycles. The van der Waals surface area contributed by atoms with E-state index >= 15 is 0 Å². The Bertz CT molecular complexity index is 496. The van der Waals surface area contributed by atoms with Gasteiger partial charge in [-0.25, -0.2) is 0 Å². The van der Waals surface area contributed by atoms with Crippen molar-refractivity contribution in [2.75, 3.05) is 13.9 Å². The molecule has 0 spiro atoms. The molecule has 0 aliphatic carbocycles. The summed E-state index contributed by atoms with van der Waals surface area (Å²) in [6.45, 7) is 8.48. The maximum Gasteiger partial charge on any atom is 0.188 e. The molecule has 1 fully saturated rings. The van der Waals surface area contributed by atoms with Crippen molar-refractivity contribution in [2.24, 2.45) is 0 Å². The van der Waals surface area contributed by atoms with Crippen molar-refractivity contribution in [3.05, 3.63) is 23.3 Å². The van der Waals surface area contributed by atoms with Gasteiger partial charge in [0.1, 0.15) is 11.5 Å². The molecule has 0 aromatic heterocycles. The zero-order chi connectivity index (χ0) is 15.6. The van der Waals surface area contributed by atoms with Crippen molar-refractivity contribution in [3.8, 4) is 11.5 Å². The highest BCUT2D eigenvalue weighted by molar-refractivity contribution is 5.46. The molecule has 1 heterocycles. The Kier molecular flexibility index (Phi) is 4.79. The normalized spacial score (nSPS) is 21.1. The first kappa shape index (κ1) is 16.1. The molecule has 1 aliphatic rings. The van der Waals surface area contributed by atoms with Gasteiger partial charge in [0.2, 0.25) is 0 Å². The van der Waals surface area contributed by atoms with Crippen LogP contribution in [0.5, 0.6) is 11.5 Å². The van der Waals surface area contributed by atoms with Gasteiger partial charge in [0.15, 0.2) is 6.79 Å². The van der Waals surface area contributed by atoms with Gasteiger partial charge in [-0.2, -0.15) is 0 Å². The molecule has 0 radical (unpaired) electrons. The van der Waals surface area contributed by atoms with E-state index in [-0.39, 0.29) is 18.3 Å². The zero-order valence-corrected chi connectivity index (χ0v) is 13.6. The second-order valence-electron chi connectivity index (χ2n) is 6.42. The smallest absolute Gasteiger partial charge is 0.188 e. The second kappa shape index (κ2) is 6.24. The highest BCUT2D eigenvalue weighted by atomic mass is 16.7. The Labute approximate surface area is 127 Å². The predicted molar refractivity (Wildman–Crippen MR) is 81.9 cm³/mol. The van der Waals surface area contributed by atoms with E-state index in [2.05, 4.69) is 20.8 Å². The molecule has 1 aromatic rings. The highest BCUT2D eigenvalue weighted by Gasteiger charge is 2.47. The van der Waals surface area contributed by atoms with Gasteiger partial charge in [-0.1, -0.05) is 6.92 Å². The summed E-state index contributed by atoms with van der Waals surface area (Å²) in [4.78, 5) is 0. The van der Waals surface area contributed by atoms with Crippen LogP contribution in [0, 0.1) is 6.92 Å². The maximum absolute atomic E-state index is 10.2. The lowest BCUT2D eigenvalue weighted by Gasteiger charge is -2.17. The van der Waals surface area contributed by atoms with E-state index in [4.69, 9.17) is 14.2 Å². The average molecular weight is 294 g/mol. The number of rotatable bonds is 7. The summed E-state index contributed by atoms with van der Waals surface area (Å²) in [6.07, 6.45) is 2.33. The van der Waals surface area contributed by atoms with Crippen molar-refractivity contribution in [3.63, 3.8) is 0 Å². The van der Waals surface area contributed by atoms with Crippen molar-refractivity contribution < 1.29 is 19.3 Å². The molecule has 1 aliphatic heterocycles. The molecule has 2 atom stereocenters. The molecule has 1 N–H and O–H groups in total. The molecule has 4 nitrogen and oxygen atoms in total. The number of methoxy groups -OCH3 is 1. The van der Waals surface area contributed by atoms with Crippen molar-refractivity contribution >= 4 is 0 Å². The number of hydrogen-bond donors (Lipinski definition) is 1. The minimum Gasteiger partial charge on any atom is -0.508 e. The molecule has 1 aromatic carbocycles. The van der Waals surface area contributed by atoms with E-state index in [9.17, 15) is 5.11 Å². The van der Waals surface area contributed by atoms with Gasteiger partial charge in [0.05, 0.1) is 11.7 Å². The molecule has 0 unspecified atom stereocenters. The van der Waals surface area contributed by atoms with Crippen LogP contribution in [0.4, 0.5) is 0 Å². The maximum atomic E-state index is 10.2. The summed E-state index contributed by atoms with van der Waals surface area (Å²) < 4.78 is 16.1. The fraction of sp³-hybridized carbons (Fsp3) is 0.647. The summed E-state index contributed by atoms with van der Waals surface area (Å²) in [5.74, 6) is 1.36. The Balaban J connectivity index is 2.03. The first-order valence-corrected chi connectivity index (χ1v) is 7.48. The number of phenols is 1. The Morgan fingerprint density at radius 2 is 2.05 bits per heavy atom. The molecule has 118 valence electrons. The summed E-state index contributed by atoms with van der Waals surface area (Å²) >= 11 is 0. The summed E-state index contributed by atoms with van der Waals surface area (Å²) in [7, 11) is 1.59. The molecular weight excluding hydrogens is 268 g/mol. The van der Waals surface area contributed by atoms with Crippen LogP contribution < -0.4 is 4.74 Å². The lowest BCUT2D eigenvalue weighted by atomic mass is 9.92. The molecule has 1 saturated heterocycles. The number of ether oxygens (including phenoxy) is 3. The minimum absolute atomic E-state index is 0.0295. The molecule has 0 bridgehead atoms. The number of benzene rings is 1. The van der Waals surface area contributed by atoms with Gasteiger partial charge in [0.25, 0.3) is 0 Å². The van der Waals surface area contributed by atoms with Crippen molar-refractivity contribution in [1.82, 2.24) is 0 Å². The average Bonchev–Trinajstić information content (AvgIpc) is 3.02. The van der Waals surface area contributed by atoms with Crippen LogP contribution in [-0.4, -0.2) is 30.7 Å². The predicted octanol–water partition coefficient (Wildman–Crippen LogP) is 3.74. The van der Waals surface area contributed by atoms with Crippen LogP contribution in [0.3, 0.4) is 0 Å². The van der Waals surface area contributed by atoms with Gasteiger partial charge in [-0.3, -0.25) is 0 Å². The zero-order valence-electron chi connectivity index (χ0n) is 13.6. The number of hydrogen-bond acceptors (Lipinski definition) is 4. The van der Waals surface area contributed by atoms with Crippen LogP contribution in [-0.2, 0) is 9.47 Å². The van der Waals surface area contributed by atoms with E-state index < -0.39 is 0 Å². The van der Waals surface area contributed by atoms with E-state index in [1.807, 2.05) is 13.0 Å². The Morgan fingerprint density at radius 1 is 1.38 bits per heavy atom. The largest absolute Gasteiger partial charge is 0.508 e. The first-order valence-electron chi connectivity index (χ1n) is 7.48. The van der Waals surface area contributed by atoms with Gasteiger partial charge >= 0.3 is 0 Å². The van der Waals surface area contributed by atoms with Gasteiger partial charge in [0, 0.05) is 12.7 Å². The second-order valence-corrected chi connectivity index (χ2v) is 6.42. The number of phenolic OH excluding ortho intramolecular Hbond substituents is 1. The number of aromatic hydroxyl groups is 1. The Morgan fingerprint density at radius 3 is 2.62 bits per heavy atom. The van der Waals surface area contributed by atoms with Crippen LogP contribution in [0.1, 0.15) is 50.7 Å². The molecule has 0 amide bonds. The highest BCUT2D eigenvalue weighted by Crippen LogP contribution is 2.41. The van der Waals surface area contributed by atoms with Crippen molar-refractivity contribution in [1.29, 1.82) is 0 Å². The van der Waals surface area contributed by atoms with Gasteiger partial charge in [-0.15, -0.1) is 0 Å². The lowest BCUT2D eigenvalue weighted by molar-refractivity contribution is 0.0505. The van der Waals surface area contributed by atoms with E-state index in [1.54, 1.807) is 13.2 Å². The minimum atomic E-state index is 0.0295. The first-order chi connectivity index (χ1) is 9.85. The summed E-state index contributed by atoms with van der Waals surface area (Å²) in [5.41, 5.74) is 1.86. The molecule has 2 rings (SSSR count). The molecule has 4 heteroatoms. The van der Waals surface area contributed by atoms with Crippen LogP contribution in [0.15, 0.2) is 12.1 Å². The van der Waals surface area contributed by atoms with Gasteiger partial charge < -0.3 is 19.3 Å². The van der Waals surface area contributed by atoms with Gasteiger partial charge in [-0.05, 0) is 57.2 Å². The van der Waals surface area contributed by atoms with Crippen LogP contribution >= 0.6 is 0 Å². The quantitative estimate of drug-likeness (QED) is 0.615. The fourth-order valence-corrected chi connectivity index (χ4v) is 2.66. The Hall–Kier alpha value is -1.26. The van der Waals surface area contributed by atoms with E-state index in [0.29, 0.717) is 11.9 Å². The summed E-state index contributed by atoms with van der Waals surface area (Å²) in [6, 6.07) is 3.68. The number of aryl methyl sites for hydroxylation is 1.